The zero-order chi connectivity index (χ0) is 22.9. The van der Waals surface area contributed by atoms with Gasteiger partial charge in [-0.25, -0.2) is 9.88 Å². The number of para-hydroxylation sites is 1. The van der Waals surface area contributed by atoms with Crippen molar-refractivity contribution in [1.82, 2.24) is 15.3 Å². The second-order valence-electron chi connectivity index (χ2n) is 7.37. The quantitative estimate of drug-likeness (QED) is 0.399. The number of carbonyl (C=O) groups is 3. The molecule has 2 N–H and O–H groups in total. The van der Waals surface area contributed by atoms with Crippen molar-refractivity contribution in [1.29, 1.82) is 0 Å². The standard InChI is InChI=1S/C24H17ClN4O3S/c25-17-4-1-2-5-19(17)29-23(31)15-8-7-14(12-16(15)24(29)32)22(30)26-10-9-18-21(28-13-27-18)20-6-3-11-33-20/h1-8,11-13H,9-10H2,(H,26,30)(H,27,28). The number of imidazole rings is 1. The lowest BCUT2D eigenvalue weighted by Crippen LogP contribution is -2.29. The zero-order valence-corrected chi connectivity index (χ0v) is 18.7. The lowest BCUT2D eigenvalue weighted by molar-refractivity contribution is 0.0923. The number of nitrogens with one attached hydrogen (secondary N) is 2. The van der Waals surface area contributed by atoms with Crippen molar-refractivity contribution in [2.75, 3.05) is 11.4 Å². The van der Waals surface area contributed by atoms with E-state index in [1.165, 1.54) is 12.1 Å². The van der Waals surface area contributed by atoms with Crippen LogP contribution < -0.4 is 10.2 Å². The maximum atomic E-state index is 13.0. The smallest absolute Gasteiger partial charge is 0.266 e. The highest BCUT2D eigenvalue weighted by molar-refractivity contribution is 7.13. The summed E-state index contributed by atoms with van der Waals surface area (Å²) < 4.78 is 0. The number of nitrogens with zero attached hydrogens (tertiary/aromatic N) is 2. The summed E-state index contributed by atoms with van der Waals surface area (Å²) in [6.07, 6.45) is 2.21. The first-order valence-electron chi connectivity index (χ1n) is 10.2. The van der Waals surface area contributed by atoms with E-state index >= 15 is 0 Å². The molecule has 3 amide bonds. The molecule has 3 heterocycles. The fourth-order valence-electron chi connectivity index (χ4n) is 3.77. The number of anilines is 1. The summed E-state index contributed by atoms with van der Waals surface area (Å²) in [6.45, 7) is 0.384. The van der Waals surface area contributed by atoms with Gasteiger partial charge in [-0.3, -0.25) is 14.4 Å². The minimum absolute atomic E-state index is 0.182. The molecule has 2 aromatic carbocycles. The number of rotatable bonds is 6. The Labute approximate surface area is 198 Å². The van der Waals surface area contributed by atoms with Crippen molar-refractivity contribution in [3.05, 3.63) is 93.7 Å². The van der Waals surface area contributed by atoms with Crippen molar-refractivity contribution >= 4 is 46.3 Å². The van der Waals surface area contributed by atoms with Crippen molar-refractivity contribution in [2.24, 2.45) is 0 Å². The minimum Gasteiger partial charge on any atom is -0.352 e. The number of benzene rings is 2. The second-order valence-corrected chi connectivity index (χ2v) is 8.73. The van der Waals surface area contributed by atoms with Gasteiger partial charge in [0.15, 0.2) is 0 Å². The molecule has 1 aliphatic rings. The Morgan fingerprint density at radius 2 is 1.88 bits per heavy atom. The molecule has 0 radical (unpaired) electrons. The number of thiophene rings is 1. The minimum atomic E-state index is -0.504. The van der Waals surface area contributed by atoms with Crippen molar-refractivity contribution in [3.8, 4) is 10.6 Å². The van der Waals surface area contributed by atoms with E-state index in [-0.39, 0.29) is 17.0 Å². The van der Waals surface area contributed by atoms with Gasteiger partial charge in [0.1, 0.15) is 5.69 Å². The van der Waals surface area contributed by atoms with Gasteiger partial charge in [0, 0.05) is 24.2 Å². The van der Waals surface area contributed by atoms with E-state index in [4.69, 9.17) is 11.6 Å². The van der Waals surface area contributed by atoms with E-state index in [1.54, 1.807) is 48.0 Å². The number of halogens is 1. The molecule has 7 nitrogen and oxygen atoms in total. The van der Waals surface area contributed by atoms with Gasteiger partial charge in [0.05, 0.1) is 33.0 Å². The Bertz CT molecular complexity index is 1380. The van der Waals surface area contributed by atoms with Crippen LogP contribution >= 0.6 is 22.9 Å². The monoisotopic (exact) mass is 476 g/mol. The molecule has 0 saturated heterocycles. The van der Waals surface area contributed by atoms with Crippen LogP contribution in [0.4, 0.5) is 5.69 Å². The first kappa shape index (κ1) is 21.1. The number of aromatic amines is 1. The third-order valence-electron chi connectivity index (χ3n) is 5.38. The summed E-state index contributed by atoms with van der Waals surface area (Å²) >= 11 is 7.79. The lowest BCUT2D eigenvalue weighted by Gasteiger charge is -2.15. The molecule has 0 unspecified atom stereocenters. The molecule has 33 heavy (non-hydrogen) atoms. The third-order valence-corrected chi connectivity index (χ3v) is 6.57. The Hall–Kier alpha value is -3.75. The summed E-state index contributed by atoms with van der Waals surface area (Å²) in [4.78, 5) is 48.1. The van der Waals surface area contributed by atoms with Crippen LogP contribution in [-0.2, 0) is 6.42 Å². The van der Waals surface area contributed by atoms with Crippen molar-refractivity contribution in [2.45, 2.75) is 6.42 Å². The zero-order valence-electron chi connectivity index (χ0n) is 17.2. The van der Waals surface area contributed by atoms with E-state index in [1.807, 2.05) is 17.5 Å². The maximum absolute atomic E-state index is 13.0. The average Bonchev–Trinajstić information content (AvgIpc) is 3.55. The molecular weight excluding hydrogens is 460 g/mol. The van der Waals surface area contributed by atoms with Crippen LogP contribution in [0.3, 0.4) is 0 Å². The molecule has 0 aliphatic carbocycles. The Morgan fingerprint density at radius 1 is 1.06 bits per heavy atom. The summed E-state index contributed by atoms with van der Waals surface area (Å²) in [5.74, 6) is -1.29. The number of imide groups is 1. The molecule has 164 valence electrons. The Kier molecular flexibility index (Phi) is 5.53. The molecule has 9 heteroatoms. The first-order chi connectivity index (χ1) is 16.0. The number of amides is 3. The number of aromatic nitrogens is 2. The highest BCUT2D eigenvalue weighted by Gasteiger charge is 2.38. The van der Waals surface area contributed by atoms with E-state index in [9.17, 15) is 14.4 Å². The number of hydrogen-bond acceptors (Lipinski definition) is 5. The van der Waals surface area contributed by atoms with Gasteiger partial charge in [-0.05, 0) is 41.8 Å². The molecule has 1 aliphatic heterocycles. The highest BCUT2D eigenvalue weighted by Crippen LogP contribution is 2.33. The van der Waals surface area contributed by atoms with E-state index < -0.39 is 11.8 Å². The van der Waals surface area contributed by atoms with E-state index in [2.05, 4.69) is 15.3 Å². The predicted octanol–water partition coefficient (Wildman–Crippen LogP) is 4.56. The molecule has 2 aromatic heterocycles. The predicted molar refractivity (Wildman–Crippen MR) is 127 cm³/mol. The Morgan fingerprint density at radius 3 is 2.67 bits per heavy atom. The van der Waals surface area contributed by atoms with Crippen LogP contribution in [0.2, 0.25) is 5.02 Å². The number of fused-ring (bicyclic) bond motifs is 1. The van der Waals surface area contributed by atoms with Gasteiger partial charge in [-0.15, -0.1) is 11.3 Å². The molecule has 5 rings (SSSR count). The molecule has 0 bridgehead atoms. The van der Waals surface area contributed by atoms with Crippen LogP contribution in [0, 0.1) is 0 Å². The normalized spacial score (nSPS) is 12.8. The number of hydrogen-bond donors (Lipinski definition) is 2. The van der Waals surface area contributed by atoms with Crippen molar-refractivity contribution in [3.63, 3.8) is 0 Å². The number of carbonyl (C=O) groups excluding carboxylic acids is 3. The first-order valence-corrected chi connectivity index (χ1v) is 11.4. The fraction of sp³-hybridized carbons (Fsp3) is 0.0833. The van der Waals surface area contributed by atoms with Crippen molar-refractivity contribution < 1.29 is 14.4 Å². The van der Waals surface area contributed by atoms with E-state index in [0.29, 0.717) is 29.2 Å². The van der Waals surface area contributed by atoms with Crippen LogP contribution in [0.1, 0.15) is 36.8 Å². The van der Waals surface area contributed by atoms with Gasteiger partial charge < -0.3 is 10.3 Å². The molecule has 0 spiro atoms. The van der Waals surface area contributed by atoms with Gasteiger partial charge in [0.2, 0.25) is 0 Å². The van der Waals surface area contributed by atoms with Gasteiger partial charge in [-0.2, -0.15) is 0 Å². The van der Waals surface area contributed by atoms with Crippen LogP contribution in [0.15, 0.2) is 66.3 Å². The van der Waals surface area contributed by atoms with E-state index in [0.717, 1.165) is 21.2 Å². The van der Waals surface area contributed by atoms with Gasteiger partial charge in [-0.1, -0.05) is 29.8 Å². The lowest BCUT2D eigenvalue weighted by atomic mass is 10.1. The van der Waals surface area contributed by atoms with Gasteiger partial charge in [0.25, 0.3) is 17.7 Å². The summed E-state index contributed by atoms with van der Waals surface area (Å²) in [7, 11) is 0. The molecule has 0 atom stereocenters. The average molecular weight is 477 g/mol. The molecule has 0 fully saturated rings. The topological polar surface area (TPSA) is 95.2 Å². The summed E-state index contributed by atoms with van der Waals surface area (Å²) in [5.41, 5.74) is 2.86. The van der Waals surface area contributed by atoms with Crippen LogP contribution in [0.5, 0.6) is 0 Å². The second kappa shape index (κ2) is 8.65. The molecule has 4 aromatic rings. The third kappa shape index (κ3) is 3.83. The molecule has 0 saturated carbocycles. The Balaban J connectivity index is 1.29. The highest BCUT2D eigenvalue weighted by atomic mass is 35.5. The SMILES string of the molecule is O=C(NCCc1[nH]cnc1-c1cccs1)c1ccc2c(c1)C(=O)N(c1ccccc1Cl)C2=O. The van der Waals surface area contributed by atoms with Crippen LogP contribution in [0.25, 0.3) is 10.6 Å². The van der Waals surface area contributed by atoms with Gasteiger partial charge >= 0.3 is 0 Å². The molecular formula is C24H17ClN4O3S. The summed E-state index contributed by atoms with van der Waals surface area (Å²) in [6, 6.07) is 15.1. The fourth-order valence-corrected chi connectivity index (χ4v) is 4.74. The summed E-state index contributed by atoms with van der Waals surface area (Å²) in [5, 5.41) is 5.15. The largest absolute Gasteiger partial charge is 0.352 e. The maximum Gasteiger partial charge on any atom is 0.266 e. The van der Waals surface area contributed by atoms with Crippen LogP contribution in [-0.4, -0.2) is 34.2 Å². The number of H-pyrrole nitrogens is 1.